The van der Waals surface area contributed by atoms with Crippen LogP contribution in [-0.4, -0.2) is 9.78 Å². The van der Waals surface area contributed by atoms with E-state index < -0.39 is 0 Å². The molecule has 0 aliphatic heterocycles. The van der Waals surface area contributed by atoms with Crippen LogP contribution in [0, 0.1) is 0 Å². The fraction of sp³-hybridized carbons (Fsp3) is 0.471. The lowest BCUT2D eigenvalue weighted by Crippen LogP contribution is -2.16. The third-order valence-electron chi connectivity index (χ3n) is 3.87. The van der Waals surface area contributed by atoms with Crippen molar-refractivity contribution in [3.8, 4) is 5.69 Å². The quantitative estimate of drug-likeness (QED) is 0.769. The zero-order valence-corrected chi connectivity index (χ0v) is 12.5. The normalized spacial score (nSPS) is 11.8. The molecule has 0 aliphatic carbocycles. The van der Waals surface area contributed by atoms with Crippen LogP contribution in [0.25, 0.3) is 5.69 Å². The molecular formula is C17H24N2. The van der Waals surface area contributed by atoms with Crippen molar-refractivity contribution in [3.63, 3.8) is 0 Å². The average molecular weight is 256 g/mol. The maximum absolute atomic E-state index is 4.86. The number of benzene rings is 1. The Bertz CT molecular complexity index is 523. The summed E-state index contributed by atoms with van der Waals surface area (Å²) in [6, 6.07) is 12.7. The SMILES string of the molecule is CCCc1cc(C(C)(C)CC)nn1-c1ccccc1. The molecule has 0 saturated carbocycles. The number of rotatable bonds is 5. The van der Waals surface area contributed by atoms with Crippen molar-refractivity contribution in [3.05, 3.63) is 47.8 Å². The Hall–Kier alpha value is -1.57. The molecule has 2 aromatic rings. The molecule has 0 atom stereocenters. The maximum atomic E-state index is 4.86. The third kappa shape index (κ3) is 2.89. The summed E-state index contributed by atoms with van der Waals surface area (Å²) in [5.74, 6) is 0. The fourth-order valence-electron chi connectivity index (χ4n) is 2.16. The molecule has 102 valence electrons. The van der Waals surface area contributed by atoms with Crippen molar-refractivity contribution in [1.29, 1.82) is 0 Å². The van der Waals surface area contributed by atoms with Gasteiger partial charge < -0.3 is 0 Å². The number of nitrogens with zero attached hydrogens (tertiary/aromatic N) is 2. The first-order valence-corrected chi connectivity index (χ1v) is 7.23. The summed E-state index contributed by atoms with van der Waals surface area (Å²) < 4.78 is 2.11. The molecule has 2 rings (SSSR count). The van der Waals surface area contributed by atoms with Gasteiger partial charge in [0.05, 0.1) is 11.4 Å². The minimum atomic E-state index is 0.141. The number of hydrogen-bond acceptors (Lipinski definition) is 1. The van der Waals surface area contributed by atoms with E-state index in [1.807, 2.05) is 6.07 Å². The Labute approximate surface area is 116 Å². The first-order chi connectivity index (χ1) is 9.08. The molecule has 0 unspecified atom stereocenters. The second-order valence-corrected chi connectivity index (χ2v) is 5.76. The summed E-state index contributed by atoms with van der Waals surface area (Å²) in [5, 5.41) is 4.86. The van der Waals surface area contributed by atoms with Crippen LogP contribution < -0.4 is 0 Å². The van der Waals surface area contributed by atoms with E-state index in [-0.39, 0.29) is 5.41 Å². The topological polar surface area (TPSA) is 17.8 Å². The lowest BCUT2D eigenvalue weighted by atomic mass is 9.86. The van der Waals surface area contributed by atoms with Gasteiger partial charge in [0.15, 0.2) is 0 Å². The van der Waals surface area contributed by atoms with Crippen LogP contribution in [0.2, 0.25) is 0 Å². The number of para-hydroxylation sites is 1. The van der Waals surface area contributed by atoms with Gasteiger partial charge in [-0.05, 0) is 31.0 Å². The summed E-state index contributed by atoms with van der Waals surface area (Å²) in [7, 11) is 0. The van der Waals surface area contributed by atoms with E-state index in [1.165, 1.54) is 11.4 Å². The van der Waals surface area contributed by atoms with Crippen LogP contribution in [0.15, 0.2) is 36.4 Å². The summed E-state index contributed by atoms with van der Waals surface area (Å²) in [4.78, 5) is 0. The zero-order chi connectivity index (χ0) is 13.9. The van der Waals surface area contributed by atoms with Crippen LogP contribution in [-0.2, 0) is 11.8 Å². The molecule has 0 bridgehead atoms. The number of hydrogen-bond donors (Lipinski definition) is 0. The van der Waals surface area contributed by atoms with Crippen LogP contribution in [0.4, 0.5) is 0 Å². The molecule has 2 heteroatoms. The number of aryl methyl sites for hydroxylation is 1. The van der Waals surface area contributed by atoms with Gasteiger partial charge in [-0.2, -0.15) is 5.10 Å². The average Bonchev–Trinajstić information content (AvgIpc) is 2.85. The van der Waals surface area contributed by atoms with Gasteiger partial charge in [-0.25, -0.2) is 4.68 Å². The lowest BCUT2D eigenvalue weighted by molar-refractivity contribution is 0.485. The minimum absolute atomic E-state index is 0.141. The van der Waals surface area contributed by atoms with E-state index in [4.69, 9.17) is 5.10 Å². The molecule has 19 heavy (non-hydrogen) atoms. The Kier molecular flexibility index (Phi) is 4.08. The minimum Gasteiger partial charge on any atom is -0.238 e. The highest BCUT2D eigenvalue weighted by molar-refractivity contribution is 5.34. The molecule has 0 radical (unpaired) electrons. The predicted molar refractivity (Wildman–Crippen MR) is 80.9 cm³/mol. The monoisotopic (exact) mass is 256 g/mol. The van der Waals surface area contributed by atoms with E-state index in [2.05, 4.69) is 62.7 Å². The highest BCUT2D eigenvalue weighted by Crippen LogP contribution is 2.27. The van der Waals surface area contributed by atoms with Crippen molar-refractivity contribution in [1.82, 2.24) is 9.78 Å². The maximum Gasteiger partial charge on any atom is 0.0687 e. The predicted octanol–water partition coefficient (Wildman–Crippen LogP) is 4.51. The van der Waals surface area contributed by atoms with Gasteiger partial charge in [-0.15, -0.1) is 0 Å². The Morgan fingerprint density at radius 3 is 2.37 bits per heavy atom. The van der Waals surface area contributed by atoms with Gasteiger partial charge in [-0.1, -0.05) is 52.3 Å². The zero-order valence-electron chi connectivity index (χ0n) is 12.5. The highest BCUT2D eigenvalue weighted by Gasteiger charge is 2.23. The van der Waals surface area contributed by atoms with Crippen molar-refractivity contribution in [2.75, 3.05) is 0 Å². The Morgan fingerprint density at radius 2 is 1.79 bits per heavy atom. The molecule has 0 fully saturated rings. The fourth-order valence-corrected chi connectivity index (χ4v) is 2.16. The summed E-state index contributed by atoms with van der Waals surface area (Å²) >= 11 is 0. The molecular weight excluding hydrogens is 232 g/mol. The third-order valence-corrected chi connectivity index (χ3v) is 3.87. The van der Waals surface area contributed by atoms with E-state index >= 15 is 0 Å². The highest BCUT2D eigenvalue weighted by atomic mass is 15.3. The first-order valence-electron chi connectivity index (χ1n) is 7.23. The van der Waals surface area contributed by atoms with Crippen LogP contribution >= 0.6 is 0 Å². The van der Waals surface area contributed by atoms with E-state index in [0.29, 0.717) is 0 Å². The Balaban J connectivity index is 2.48. The molecule has 1 aromatic heterocycles. The largest absolute Gasteiger partial charge is 0.238 e. The van der Waals surface area contributed by atoms with E-state index in [0.717, 1.165) is 24.9 Å². The van der Waals surface area contributed by atoms with Crippen molar-refractivity contribution in [2.24, 2.45) is 0 Å². The van der Waals surface area contributed by atoms with E-state index in [1.54, 1.807) is 0 Å². The van der Waals surface area contributed by atoms with Gasteiger partial charge in [0, 0.05) is 11.1 Å². The number of aromatic nitrogens is 2. The first kappa shape index (κ1) is 13.9. The smallest absolute Gasteiger partial charge is 0.0687 e. The standard InChI is InChI=1S/C17H24N2/c1-5-10-15-13-16(17(3,4)6-2)18-19(15)14-11-8-7-9-12-14/h7-9,11-13H,5-6,10H2,1-4H3. The second-order valence-electron chi connectivity index (χ2n) is 5.76. The van der Waals surface area contributed by atoms with Gasteiger partial charge >= 0.3 is 0 Å². The molecule has 0 spiro atoms. The summed E-state index contributed by atoms with van der Waals surface area (Å²) in [6.45, 7) is 8.97. The van der Waals surface area contributed by atoms with Gasteiger partial charge in [0.1, 0.15) is 0 Å². The Morgan fingerprint density at radius 1 is 1.11 bits per heavy atom. The van der Waals surface area contributed by atoms with E-state index in [9.17, 15) is 0 Å². The molecule has 0 saturated heterocycles. The molecule has 0 amide bonds. The molecule has 0 aliphatic rings. The summed E-state index contributed by atoms with van der Waals surface area (Å²) in [6.07, 6.45) is 3.32. The lowest BCUT2D eigenvalue weighted by Gasteiger charge is -2.19. The molecule has 1 heterocycles. The molecule has 2 nitrogen and oxygen atoms in total. The molecule has 1 aromatic carbocycles. The molecule has 0 N–H and O–H groups in total. The van der Waals surface area contributed by atoms with Gasteiger partial charge in [0.25, 0.3) is 0 Å². The van der Waals surface area contributed by atoms with Crippen LogP contribution in [0.5, 0.6) is 0 Å². The van der Waals surface area contributed by atoms with Gasteiger partial charge in [0.2, 0.25) is 0 Å². The van der Waals surface area contributed by atoms with Crippen molar-refractivity contribution < 1.29 is 0 Å². The van der Waals surface area contributed by atoms with Crippen molar-refractivity contribution >= 4 is 0 Å². The second kappa shape index (κ2) is 5.60. The van der Waals surface area contributed by atoms with Crippen LogP contribution in [0.3, 0.4) is 0 Å². The van der Waals surface area contributed by atoms with Crippen LogP contribution in [0.1, 0.15) is 51.9 Å². The van der Waals surface area contributed by atoms with Crippen molar-refractivity contribution in [2.45, 2.75) is 52.4 Å². The van der Waals surface area contributed by atoms with Gasteiger partial charge in [-0.3, -0.25) is 0 Å². The summed E-state index contributed by atoms with van der Waals surface area (Å²) in [5.41, 5.74) is 3.80.